The SMILES string of the molecule is CCCCCCCCCc1ccccc1OC(CC)[Si](C)(C)Cl. The van der Waals surface area contributed by atoms with Gasteiger partial charge in [-0.2, -0.15) is 11.1 Å². The fourth-order valence-electron chi connectivity index (χ4n) is 2.96. The zero-order valence-electron chi connectivity index (χ0n) is 15.5. The summed E-state index contributed by atoms with van der Waals surface area (Å²) < 4.78 is 6.30. The van der Waals surface area contributed by atoms with Crippen molar-refractivity contribution in [2.45, 2.75) is 90.5 Å². The van der Waals surface area contributed by atoms with E-state index >= 15 is 0 Å². The van der Waals surface area contributed by atoms with Gasteiger partial charge in [0.25, 0.3) is 0 Å². The molecule has 0 aliphatic carbocycles. The average Bonchev–Trinajstić information content (AvgIpc) is 2.51. The van der Waals surface area contributed by atoms with Gasteiger partial charge in [-0.05, 0) is 30.9 Å². The first-order chi connectivity index (χ1) is 11.0. The molecule has 0 amide bonds. The van der Waals surface area contributed by atoms with Crippen LogP contribution >= 0.6 is 11.1 Å². The second kappa shape index (κ2) is 11.1. The molecule has 0 saturated carbocycles. The van der Waals surface area contributed by atoms with Crippen LogP contribution in [0.4, 0.5) is 0 Å². The zero-order chi connectivity index (χ0) is 17.1. The smallest absolute Gasteiger partial charge is 0.194 e. The summed E-state index contributed by atoms with van der Waals surface area (Å²) >= 11 is 6.60. The van der Waals surface area contributed by atoms with Gasteiger partial charge in [0.1, 0.15) is 11.5 Å². The number of halogens is 1. The molecule has 0 radical (unpaired) electrons. The fraction of sp³-hybridized carbons (Fsp3) is 0.700. The molecule has 132 valence electrons. The molecule has 1 nitrogen and oxygen atoms in total. The van der Waals surface area contributed by atoms with Gasteiger partial charge in [0, 0.05) is 0 Å². The molecule has 0 aromatic heterocycles. The molecule has 0 heterocycles. The fourth-order valence-corrected chi connectivity index (χ4v) is 4.93. The summed E-state index contributed by atoms with van der Waals surface area (Å²) in [5.74, 6) is 1.05. The van der Waals surface area contributed by atoms with Crippen LogP contribution in [-0.4, -0.2) is 13.1 Å². The maximum atomic E-state index is 6.60. The molecule has 0 N–H and O–H groups in total. The van der Waals surface area contributed by atoms with E-state index in [1.165, 1.54) is 50.5 Å². The molecule has 23 heavy (non-hydrogen) atoms. The predicted molar refractivity (Wildman–Crippen MR) is 106 cm³/mol. The Hall–Kier alpha value is -0.473. The third-order valence-electron chi connectivity index (χ3n) is 4.43. The summed E-state index contributed by atoms with van der Waals surface area (Å²) in [6.45, 7) is 8.77. The van der Waals surface area contributed by atoms with Crippen molar-refractivity contribution in [3.05, 3.63) is 29.8 Å². The van der Waals surface area contributed by atoms with E-state index in [1.54, 1.807) is 0 Å². The summed E-state index contributed by atoms with van der Waals surface area (Å²) in [5.41, 5.74) is 1.52. The molecule has 1 aromatic rings. The molecular weight excluding hydrogens is 320 g/mol. The van der Waals surface area contributed by atoms with Gasteiger partial charge < -0.3 is 4.74 Å². The van der Waals surface area contributed by atoms with Crippen molar-refractivity contribution in [1.29, 1.82) is 0 Å². The van der Waals surface area contributed by atoms with E-state index in [-0.39, 0.29) is 5.73 Å². The van der Waals surface area contributed by atoms with Crippen LogP contribution in [0, 0.1) is 0 Å². The minimum atomic E-state index is -1.80. The van der Waals surface area contributed by atoms with Crippen LogP contribution in [0.5, 0.6) is 5.75 Å². The molecule has 0 spiro atoms. The number of unbranched alkanes of at least 4 members (excludes halogenated alkanes) is 6. The summed E-state index contributed by atoms with van der Waals surface area (Å²) in [5, 5.41) is 0. The van der Waals surface area contributed by atoms with E-state index in [1.807, 2.05) is 0 Å². The first-order valence-corrected chi connectivity index (χ1v) is 13.5. The lowest BCUT2D eigenvalue weighted by atomic mass is 10.0. The van der Waals surface area contributed by atoms with Crippen LogP contribution in [-0.2, 0) is 6.42 Å². The number of hydrogen-bond donors (Lipinski definition) is 0. The van der Waals surface area contributed by atoms with Gasteiger partial charge in [0.2, 0.25) is 0 Å². The highest BCUT2D eigenvalue weighted by molar-refractivity contribution is 7.19. The normalized spacial score (nSPS) is 13.1. The Balaban J connectivity index is 2.47. The highest BCUT2D eigenvalue weighted by Crippen LogP contribution is 2.27. The Morgan fingerprint density at radius 2 is 1.57 bits per heavy atom. The first-order valence-electron chi connectivity index (χ1n) is 9.42. The lowest BCUT2D eigenvalue weighted by molar-refractivity contribution is 0.264. The van der Waals surface area contributed by atoms with E-state index in [2.05, 4.69) is 51.2 Å². The molecule has 0 saturated heterocycles. The van der Waals surface area contributed by atoms with Gasteiger partial charge in [0.05, 0.1) is 0 Å². The highest BCUT2D eigenvalue weighted by atomic mass is 35.6. The number of para-hydroxylation sites is 1. The van der Waals surface area contributed by atoms with Crippen molar-refractivity contribution in [1.82, 2.24) is 0 Å². The minimum Gasteiger partial charge on any atom is -0.492 e. The van der Waals surface area contributed by atoms with Crippen molar-refractivity contribution < 1.29 is 4.74 Å². The molecule has 1 rings (SSSR count). The second-order valence-corrected chi connectivity index (χ2v) is 13.8. The number of rotatable bonds is 12. The quantitative estimate of drug-likeness (QED) is 0.220. The number of hydrogen-bond acceptors (Lipinski definition) is 1. The lowest BCUT2D eigenvalue weighted by Gasteiger charge is -2.27. The number of ether oxygens (including phenoxy) is 1. The van der Waals surface area contributed by atoms with E-state index in [0.717, 1.165) is 18.6 Å². The van der Waals surface area contributed by atoms with Crippen LogP contribution < -0.4 is 4.74 Å². The third kappa shape index (κ3) is 8.26. The van der Waals surface area contributed by atoms with E-state index < -0.39 is 7.38 Å². The summed E-state index contributed by atoms with van der Waals surface area (Å²) in [7, 11) is -1.80. The average molecular weight is 355 g/mol. The van der Waals surface area contributed by atoms with Crippen LogP contribution in [0.25, 0.3) is 0 Å². The molecule has 3 heteroatoms. The Morgan fingerprint density at radius 3 is 2.17 bits per heavy atom. The van der Waals surface area contributed by atoms with Crippen molar-refractivity contribution in [3.63, 3.8) is 0 Å². The van der Waals surface area contributed by atoms with Gasteiger partial charge in [0.15, 0.2) is 7.38 Å². The van der Waals surface area contributed by atoms with Gasteiger partial charge >= 0.3 is 0 Å². The van der Waals surface area contributed by atoms with E-state index in [4.69, 9.17) is 15.8 Å². The maximum Gasteiger partial charge on any atom is 0.194 e. The summed E-state index contributed by atoms with van der Waals surface area (Å²) in [6.07, 6.45) is 11.5. The minimum absolute atomic E-state index is 0.180. The van der Waals surface area contributed by atoms with Gasteiger partial charge in [-0.25, -0.2) is 0 Å². The topological polar surface area (TPSA) is 9.23 Å². The van der Waals surface area contributed by atoms with Crippen LogP contribution in [0.3, 0.4) is 0 Å². The first kappa shape index (κ1) is 20.6. The van der Waals surface area contributed by atoms with Crippen LogP contribution in [0.2, 0.25) is 13.1 Å². The largest absolute Gasteiger partial charge is 0.492 e. The monoisotopic (exact) mass is 354 g/mol. The zero-order valence-corrected chi connectivity index (χ0v) is 17.3. The van der Waals surface area contributed by atoms with Crippen molar-refractivity contribution in [3.8, 4) is 5.75 Å². The predicted octanol–water partition coefficient (Wildman–Crippen LogP) is 7.12. The summed E-state index contributed by atoms with van der Waals surface area (Å²) in [6, 6.07) is 8.50. The van der Waals surface area contributed by atoms with E-state index in [0.29, 0.717) is 0 Å². The standard InChI is InChI=1S/C20H35ClOSi/c1-5-7-8-9-10-11-12-15-18-16-13-14-17-19(18)22-20(6-2)23(3,4)21/h13-14,16-17,20H,5-12,15H2,1-4H3. The number of benzene rings is 1. The number of aryl methyl sites for hydroxylation is 1. The Bertz CT molecular complexity index is 428. The molecule has 0 aliphatic rings. The molecular formula is C20H35ClOSi. The van der Waals surface area contributed by atoms with Crippen molar-refractivity contribution >= 4 is 18.5 Å². The third-order valence-corrected chi connectivity index (χ3v) is 7.22. The molecule has 0 fully saturated rings. The lowest BCUT2D eigenvalue weighted by Crippen LogP contribution is -2.40. The van der Waals surface area contributed by atoms with Crippen LogP contribution in [0.15, 0.2) is 24.3 Å². The Morgan fingerprint density at radius 1 is 0.957 bits per heavy atom. The Labute approximate surface area is 149 Å². The molecule has 0 aliphatic heterocycles. The molecule has 1 aromatic carbocycles. The molecule has 1 unspecified atom stereocenters. The second-order valence-electron chi connectivity index (χ2n) is 7.06. The Kier molecular flexibility index (Phi) is 9.97. The molecule has 0 bridgehead atoms. The van der Waals surface area contributed by atoms with Crippen molar-refractivity contribution in [2.75, 3.05) is 0 Å². The molecule has 1 atom stereocenters. The van der Waals surface area contributed by atoms with Gasteiger partial charge in [-0.3, -0.25) is 0 Å². The summed E-state index contributed by atoms with van der Waals surface area (Å²) in [4.78, 5) is 0. The highest BCUT2D eigenvalue weighted by Gasteiger charge is 2.31. The van der Waals surface area contributed by atoms with Crippen molar-refractivity contribution in [2.24, 2.45) is 0 Å². The van der Waals surface area contributed by atoms with Gasteiger partial charge in [-0.15, -0.1) is 0 Å². The van der Waals surface area contributed by atoms with E-state index in [9.17, 15) is 0 Å². The van der Waals surface area contributed by atoms with Crippen LogP contribution in [0.1, 0.15) is 70.8 Å². The van der Waals surface area contributed by atoms with Gasteiger partial charge in [-0.1, -0.05) is 83.7 Å². The maximum absolute atomic E-state index is 6.60.